The Morgan fingerprint density at radius 3 is 2.40 bits per heavy atom. The van der Waals surface area contributed by atoms with Crippen molar-refractivity contribution < 1.29 is 14.3 Å². The third kappa shape index (κ3) is 5.28. The Bertz CT molecular complexity index is 860. The van der Waals surface area contributed by atoms with Crippen molar-refractivity contribution in [2.75, 3.05) is 13.2 Å². The van der Waals surface area contributed by atoms with Crippen LogP contribution in [0.3, 0.4) is 0 Å². The SMILES string of the molecule is O=C(CCC1(Cc2ccc(-c3ccccc3)cc2)CCC(=O)N1)NC1CCOCC1. The summed E-state index contributed by atoms with van der Waals surface area (Å²) in [5.74, 6) is 0.155. The van der Waals surface area contributed by atoms with E-state index >= 15 is 0 Å². The van der Waals surface area contributed by atoms with Gasteiger partial charge in [-0.15, -0.1) is 0 Å². The van der Waals surface area contributed by atoms with Crippen molar-refractivity contribution >= 4 is 11.8 Å². The molecule has 2 saturated heterocycles. The van der Waals surface area contributed by atoms with Gasteiger partial charge in [-0.25, -0.2) is 0 Å². The number of ether oxygens (including phenoxy) is 1. The summed E-state index contributed by atoms with van der Waals surface area (Å²) in [4.78, 5) is 24.5. The average molecular weight is 407 g/mol. The molecule has 0 aliphatic carbocycles. The fourth-order valence-corrected chi connectivity index (χ4v) is 4.51. The number of rotatable bonds is 7. The van der Waals surface area contributed by atoms with E-state index < -0.39 is 0 Å². The first-order valence-electron chi connectivity index (χ1n) is 10.9. The van der Waals surface area contributed by atoms with E-state index in [1.54, 1.807) is 0 Å². The third-order valence-electron chi connectivity index (χ3n) is 6.26. The molecule has 0 saturated carbocycles. The fraction of sp³-hybridized carbons (Fsp3) is 0.440. The standard InChI is InChI=1S/C25H30N2O3/c28-23(26-22-12-16-30-17-13-22)10-14-25(15-11-24(29)27-25)18-19-6-8-21(9-7-19)20-4-2-1-3-5-20/h1-9,22H,10-18H2,(H,26,28)(H,27,29). The van der Waals surface area contributed by atoms with Crippen molar-refractivity contribution in [2.24, 2.45) is 0 Å². The lowest BCUT2D eigenvalue weighted by atomic mass is 9.84. The summed E-state index contributed by atoms with van der Waals surface area (Å²) in [5, 5.41) is 6.31. The Balaban J connectivity index is 1.38. The van der Waals surface area contributed by atoms with Crippen LogP contribution in [-0.2, 0) is 20.7 Å². The zero-order chi connectivity index (χ0) is 20.8. The maximum Gasteiger partial charge on any atom is 0.220 e. The molecule has 4 rings (SSSR count). The summed E-state index contributed by atoms with van der Waals surface area (Å²) < 4.78 is 5.35. The summed E-state index contributed by atoms with van der Waals surface area (Å²) in [5.41, 5.74) is 3.22. The van der Waals surface area contributed by atoms with Crippen molar-refractivity contribution in [2.45, 2.75) is 56.5 Å². The van der Waals surface area contributed by atoms with Gasteiger partial charge in [0.15, 0.2) is 0 Å². The van der Waals surface area contributed by atoms with Gasteiger partial charge in [0.25, 0.3) is 0 Å². The van der Waals surface area contributed by atoms with Crippen LogP contribution in [0.15, 0.2) is 54.6 Å². The van der Waals surface area contributed by atoms with Crippen molar-refractivity contribution in [3.05, 3.63) is 60.2 Å². The highest BCUT2D eigenvalue weighted by Gasteiger charge is 2.38. The molecule has 0 spiro atoms. The molecule has 2 aromatic rings. The first kappa shape index (κ1) is 20.6. The minimum Gasteiger partial charge on any atom is -0.381 e. The Morgan fingerprint density at radius 2 is 1.73 bits per heavy atom. The summed E-state index contributed by atoms with van der Waals surface area (Å²) in [7, 11) is 0. The van der Waals surface area contributed by atoms with E-state index in [9.17, 15) is 9.59 Å². The van der Waals surface area contributed by atoms with Crippen LogP contribution in [0.4, 0.5) is 0 Å². The second-order valence-electron chi connectivity index (χ2n) is 8.52. The molecule has 2 aromatic carbocycles. The van der Waals surface area contributed by atoms with Gasteiger partial charge < -0.3 is 15.4 Å². The molecule has 5 nitrogen and oxygen atoms in total. The monoisotopic (exact) mass is 406 g/mol. The number of carbonyl (C=O) groups is 2. The number of benzene rings is 2. The zero-order valence-electron chi connectivity index (χ0n) is 17.4. The maximum absolute atomic E-state index is 12.5. The topological polar surface area (TPSA) is 67.4 Å². The molecule has 1 unspecified atom stereocenters. The van der Waals surface area contributed by atoms with E-state index in [-0.39, 0.29) is 23.4 Å². The Morgan fingerprint density at radius 1 is 1.03 bits per heavy atom. The van der Waals surface area contributed by atoms with Gasteiger partial charge in [0.1, 0.15) is 0 Å². The highest BCUT2D eigenvalue weighted by molar-refractivity contribution is 5.80. The van der Waals surface area contributed by atoms with Crippen LogP contribution in [0, 0.1) is 0 Å². The molecule has 0 radical (unpaired) electrons. The first-order valence-corrected chi connectivity index (χ1v) is 10.9. The maximum atomic E-state index is 12.5. The van der Waals surface area contributed by atoms with Gasteiger partial charge in [0.2, 0.25) is 11.8 Å². The van der Waals surface area contributed by atoms with Crippen LogP contribution >= 0.6 is 0 Å². The molecule has 158 valence electrons. The number of hydrogen-bond donors (Lipinski definition) is 2. The average Bonchev–Trinajstić information content (AvgIpc) is 3.15. The van der Waals surface area contributed by atoms with E-state index in [4.69, 9.17) is 4.74 Å². The van der Waals surface area contributed by atoms with E-state index in [2.05, 4.69) is 47.0 Å². The predicted molar refractivity (Wildman–Crippen MR) is 117 cm³/mol. The van der Waals surface area contributed by atoms with Crippen LogP contribution in [0.5, 0.6) is 0 Å². The molecule has 30 heavy (non-hydrogen) atoms. The van der Waals surface area contributed by atoms with Gasteiger partial charge >= 0.3 is 0 Å². The molecule has 2 aliphatic rings. The molecule has 0 aromatic heterocycles. The minimum atomic E-state index is -0.335. The smallest absolute Gasteiger partial charge is 0.220 e. The van der Waals surface area contributed by atoms with Gasteiger partial charge in [-0.1, -0.05) is 54.6 Å². The van der Waals surface area contributed by atoms with Crippen molar-refractivity contribution in [3.8, 4) is 11.1 Å². The quantitative estimate of drug-likeness (QED) is 0.738. The molecule has 2 aliphatic heterocycles. The lowest BCUT2D eigenvalue weighted by molar-refractivity contribution is -0.123. The zero-order valence-corrected chi connectivity index (χ0v) is 17.4. The summed E-state index contributed by atoms with van der Waals surface area (Å²) in [6.07, 6.45) is 4.90. The first-order chi connectivity index (χ1) is 14.6. The molecule has 2 fully saturated rings. The molecule has 2 amide bonds. The highest BCUT2D eigenvalue weighted by atomic mass is 16.5. The van der Waals surface area contributed by atoms with Crippen LogP contribution in [0.25, 0.3) is 11.1 Å². The van der Waals surface area contributed by atoms with Crippen LogP contribution in [0.1, 0.15) is 44.1 Å². The van der Waals surface area contributed by atoms with Gasteiger partial charge in [0, 0.05) is 37.6 Å². The summed E-state index contributed by atoms with van der Waals surface area (Å²) in [6, 6.07) is 19.0. The van der Waals surface area contributed by atoms with Gasteiger partial charge in [-0.3, -0.25) is 9.59 Å². The van der Waals surface area contributed by atoms with Crippen molar-refractivity contribution in [3.63, 3.8) is 0 Å². The molecule has 0 bridgehead atoms. The number of hydrogen-bond acceptors (Lipinski definition) is 3. The van der Waals surface area contributed by atoms with Crippen LogP contribution in [0.2, 0.25) is 0 Å². The lowest BCUT2D eigenvalue weighted by Gasteiger charge is -2.30. The largest absolute Gasteiger partial charge is 0.381 e. The third-order valence-corrected chi connectivity index (χ3v) is 6.26. The Hall–Kier alpha value is -2.66. The molecule has 2 heterocycles. The predicted octanol–water partition coefficient (Wildman–Crippen LogP) is 3.62. The van der Waals surface area contributed by atoms with Crippen LogP contribution < -0.4 is 10.6 Å². The summed E-state index contributed by atoms with van der Waals surface area (Å²) >= 11 is 0. The molecule has 5 heteroatoms. The second kappa shape index (κ2) is 9.43. The molecular formula is C25H30N2O3. The van der Waals surface area contributed by atoms with Crippen LogP contribution in [-0.4, -0.2) is 36.6 Å². The van der Waals surface area contributed by atoms with E-state index in [1.807, 2.05) is 18.2 Å². The van der Waals surface area contributed by atoms with E-state index in [0.717, 1.165) is 25.7 Å². The van der Waals surface area contributed by atoms with E-state index in [1.165, 1.54) is 16.7 Å². The molecular weight excluding hydrogens is 376 g/mol. The second-order valence-corrected chi connectivity index (χ2v) is 8.52. The minimum absolute atomic E-state index is 0.0712. The normalized spacial score (nSPS) is 21.9. The number of carbonyl (C=O) groups excluding carboxylic acids is 2. The number of nitrogens with one attached hydrogen (secondary N) is 2. The molecule has 1 atom stereocenters. The fourth-order valence-electron chi connectivity index (χ4n) is 4.51. The lowest BCUT2D eigenvalue weighted by Crippen LogP contribution is -2.45. The van der Waals surface area contributed by atoms with E-state index in [0.29, 0.717) is 32.5 Å². The highest BCUT2D eigenvalue weighted by Crippen LogP contribution is 2.30. The van der Waals surface area contributed by atoms with Gasteiger partial charge in [0.05, 0.1) is 0 Å². The van der Waals surface area contributed by atoms with Crippen molar-refractivity contribution in [1.82, 2.24) is 10.6 Å². The number of amides is 2. The van der Waals surface area contributed by atoms with Gasteiger partial charge in [-0.2, -0.15) is 0 Å². The molecule has 2 N–H and O–H groups in total. The Kier molecular flexibility index (Phi) is 6.48. The van der Waals surface area contributed by atoms with Gasteiger partial charge in [-0.05, 0) is 48.8 Å². The Labute approximate surface area is 178 Å². The summed E-state index contributed by atoms with van der Waals surface area (Å²) in [6.45, 7) is 1.42. The van der Waals surface area contributed by atoms with Crippen molar-refractivity contribution in [1.29, 1.82) is 0 Å².